The molecule has 22 heavy (non-hydrogen) atoms. The Morgan fingerprint density at radius 2 is 1.77 bits per heavy atom. The molecule has 1 aromatic rings. The van der Waals surface area contributed by atoms with E-state index in [9.17, 15) is 22.0 Å². The molecule has 0 aliphatic rings. The molecule has 0 aromatic heterocycles. The maximum absolute atomic E-state index is 13.9. The Morgan fingerprint density at radius 1 is 1.14 bits per heavy atom. The normalized spacial score (nSPS) is 12.1. The lowest BCUT2D eigenvalue weighted by Gasteiger charge is -2.16. The first-order valence-electron chi connectivity index (χ1n) is 7.14. The minimum Gasteiger partial charge on any atom is -0.466 e. The molecule has 0 aliphatic carbocycles. The topological polar surface area (TPSA) is 60.4 Å². The van der Waals surface area contributed by atoms with Gasteiger partial charge in [-0.25, -0.2) is 8.42 Å². The third kappa shape index (κ3) is 5.05. The van der Waals surface area contributed by atoms with Gasteiger partial charge < -0.3 is 4.74 Å². The number of ether oxygens (including phenoxy) is 1. The molecule has 0 spiro atoms. The van der Waals surface area contributed by atoms with E-state index >= 15 is 0 Å². The lowest BCUT2D eigenvalue weighted by Crippen LogP contribution is -2.28. The van der Waals surface area contributed by atoms with E-state index in [1.54, 1.807) is 13.0 Å². The molecule has 0 amide bonds. The maximum Gasteiger partial charge on any atom is 0.350 e. The molecule has 4 nitrogen and oxygen atoms in total. The van der Waals surface area contributed by atoms with Gasteiger partial charge in [0, 0.05) is 12.8 Å². The Hall–Kier alpha value is -1.50. The van der Waals surface area contributed by atoms with E-state index in [0.29, 0.717) is 12.8 Å². The SMILES string of the molecule is CCOC(=O)CCCCCC(F)(F)S(=O)(=O)c1ccccc1. The van der Waals surface area contributed by atoms with Gasteiger partial charge in [-0.2, -0.15) is 8.78 Å². The van der Waals surface area contributed by atoms with Gasteiger partial charge in [-0.3, -0.25) is 4.79 Å². The highest BCUT2D eigenvalue weighted by Crippen LogP contribution is 2.33. The van der Waals surface area contributed by atoms with Gasteiger partial charge in [-0.05, 0) is 31.9 Å². The fraction of sp³-hybridized carbons (Fsp3) is 0.533. The van der Waals surface area contributed by atoms with Gasteiger partial charge in [0.2, 0.25) is 9.84 Å². The molecule has 0 heterocycles. The number of carbonyl (C=O) groups is 1. The van der Waals surface area contributed by atoms with E-state index in [0.717, 1.165) is 12.1 Å². The molecule has 0 unspecified atom stereocenters. The molecule has 1 rings (SSSR count). The molecule has 0 aliphatic heterocycles. The predicted octanol–water partition coefficient (Wildman–Crippen LogP) is 3.57. The lowest BCUT2D eigenvalue weighted by molar-refractivity contribution is -0.143. The van der Waals surface area contributed by atoms with Crippen LogP contribution in [-0.2, 0) is 19.4 Å². The predicted molar refractivity (Wildman–Crippen MR) is 78.3 cm³/mol. The summed E-state index contributed by atoms with van der Waals surface area (Å²) in [5.74, 6) is -0.369. The molecule has 0 N–H and O–H groups in total. The minimum absolute atomic E-state index is 0.0263. The summed E-state index contributed by atoms with van der Waals surface area (Å²) in [5.41, 5.74) is 0. The second-order valence-electron chi connectivity index (χ2n) is 4.82. The monoisotopic (exact) mass is 334 g/mol. The van der Waals surface area contributed by atoms with Crippen LogP contribution in [-0.4, -0.2) is 26.2 Å². The van der Waals surface area contributed by atoms with Crippen molar-refractivity contribution in [1.82, 2.24) is 0 Å². The van der Waals surface area contributed by atoms with Crippen LogP contribution in [0, 0.1) is 0 Å². The van der Waals surface area contributed by atoms with Crippen molar-refractivity contribution in [2.45, 2.75) is 49.2 Å². The van der Waals surface area contributed by atoms with Crippen LogP contribution in [0.5, 0.6) is 0 Å². The highest BCUT2D eigenvalue weighted by Gasteiger charge is 2.44. The third-order valence-corrected chi connectivity index (χ3v) is 4.98. The number of alkyl halides is 2. The van der Waals surface area contributed by atoms with E-state index in [1.165, 1.54) is 12.1 Å². The molecule has 0 fully saturated rings. The van der Waals surface area contributed by atoms with Crippen LogP contribution < -0.4 is 0 Å². The van der Waals surface area contributed by atoms with Gasteiger partial charge >= 0.3 is 11.2 Å². The quantitative estimate of drug-likeness (QED) is 0.512. The fourth-order valence-electron chi connectivity index (χ4n) is 1.92. The van der Waals surface area contributed by atoms with Crippen molar-refractivity contribution in [3.63, 3.8) is 0 Å². The smallest absolute Gasteiger partial charge is 0.350 e. The van der Waals surface area contributed by atoms with Crippen molar-refractivity contribution in [1.29, 1.82) is 0 Å². The fourth-order valence-corrected chi connectivity index (χ4v) is 3.19. The van der Waals surface area contributed by atoms with Gasteiger partial charge in [0.25, 0.3) is 0 Å². The first-order valence-corrected chi connectivity index (χ1v) is 8.62. The van der Waals surface area contributed by atoms with Crippen LogP contribution >= 0.6 is 0 Å². The summed E-state index contributed by atoms with van der Waals surface area (Å²) in [7, 11) is -4.68. The number of esters is 1. The molecule has 0 radical (unpaired) electrons. The number of sulfone groups is 1. The summed E-state index contributed by atoms with van der Waals surface area (Å²) < 4.78 is 56.3. The highest BCUT2D eigenvalue weighted by atomic mass is 32.2. The average Bonchev–Trinajstić information content (AvgIpc) is 2.47. The second-order valence-corrected chi connectivity index (χ2v) is 6.90. The summed E-state index contributed by atoms with van der Waals surface area (Å²) in [6, 6.07) is 6.69. The van der Waals surface area contributed by atoms with E-state index < -0.39 is 21.5 Å². The molecular formula is C15H20F2O4S. The Labute approximate surface area is 129 Å². The molecular weight excluding hydrogens is 314 g/mol. The van der Waals surface area contributed by atoms with Crippen LogP contribution in [0.15, 0.2) is 35.2 Å². The van der Waals surface area contributed by atoms with Crippen molar-refractivity contribution < 1.29 is 26.7 Å². The number of unbranched alkanes of at least 4 members (excludes halogenated alkanes) is 2. The summed E-state index contributed by atoms with van der Waals surface area (Å²) in [6.45, 7) is 1.97. The Morgan fingerprint density at radius 3 is 2.36 bits per heavy atom. The first-order chi connectivity index (χ1) is 10.3. The number of carbonyl (C=O) groups excluding carboxylic acids is 1. The standard InChI is InChI=1S/C15H20F2O4S/c1-2-21-14(18)11-7-4-8-12-15(16,17)22(19,20)13-9-5-3-6-10-13/h3,5-6,9-10H,2,4,7-8,11-12H2,1H3. The zero-order valence-electron chi connectivity index (χ0n) is 12.4. The summed E-state index contributed by atoms with van der Waals surface area (Å²) >= 11 is 0. The molecule has 0 saturated carbocycles. The summed E-state index contributed by atoms with van der Waals surface area (Å²) in [4.78, 5) is 10.7. The highest BCUT2D eigenvalue weighted by molar-refractivity contribution is 7.92. The largest absolute Gasteiger partial charge is 0.466 e. The minimum atomic E-state index is -4.68. The maximum atomic E-state index is 13.9. The number of hydrogen-bond acceptors (Lipinski definition) is 4. The van der Waals surface area contributed by atoms with Gasteiger partial charge in [0.1, 0.15) is 0 Å². The van der Waals surface area contributed by atoms with Crippen LogP contribution in [0.2, 0.25) is 0 Å². The number of benzene rings is 1. The molecule has 1 aromatic carbocycles. The van der Waals surface area contributed by atoms with E-state index in [4.69, 9.17) is 4.74 Å². The zero-order chi connectivity index (χ0) is 16.6. The van der Waals surface area contributed by atoms with Crippen molar-refractivity contribution >= 4 is 15.8 Å². The third-order valence-electron chi connectivity index (χ3n) is 3.10. The van der Waals surface area contributed by atoms with Crippen LogP contribution in [0.4, 0.5) is 8.78 Å². The van der Waals surface area contributed by atoms with E-state index in [1.807, 2.05) is 0 Å². The van der Waals surface area contributed by atoms with Crippen molar-refractivity contribution in [3.8, 4) is 0 Å². The van der Waals surface area contributed by atoms with Crippen LogP contribution in [0.3, 0.4) is 0 Å². The Kier molecular flexibility index (Phi) is 6.93. The van der Waals surface area contributed by atoms with Gasteiger partial charge in [-0.15, -0.1) is 0 Å². The summed E-state index contributed by atoms with van der Waals surface area (Å²) in [5, 5.41) is -3.81. The molecule has 7 heteroatoms. The van der Waals surface area contributed by atoms with Crippen molar-refractivity contribution in [2.75, 3.05) is 6.61 Å². The first kappa shape index (κ1) is 18.5. The van der Waals surface area contributed by atoms with E-state index in [2.05, 4.69) is 0 Å². The van der Waals surface area contributed by atoms with E-state index in [-0.39, 0.29) is 30.3 Å². The second kappa shape index (κ2) is 8.22. The molecule has 124 valence electrons. The summed E-state index contributed by atoms with van der Waals surface area (Å²) in [6.07, 6.45) is 0.176. The van der Waals surface area contributed by atoms with Crippen molar-refractivity contribution in [2.24, 2.45) is 0 Å². The van der Waals surface area contributed by atoms with Crippen LogP contribution in [0.25, 0.3) is 0 Å². The molecule has 0 atom stereocenters. The van der Waals surface area contributed by atoms with Gasteiger partial charge in [0.05, 0.1) is 11.5 Å². The Bertz CT molecular complexity index is 570. The molecule has 0 saturated heterocycles. The lowest BCUT2D eigenvalue weighted by atomic mass is 10.1. The van der Waals surface area contributed by atoms with Crippen molar-refractivity contribution in [3.05, 3.63) is 30.3 Å². The molecule has 0 bridgehead atoms. The zero-order valence-corrected chi connectivity index (χ0v) is 13.2. The number of rotatable bonds is 9. The van der Waals surface area contributed by atoms with Crippen LogP contribution in [0.1, 0.15) is 39.0 Å². The number of hydrogen-bond donors (Lipinski definition) is 0. The Balaban J connectivity index is 2.49. The average molecular weight is 334 g/mol. The number of halogens is 2. The van der Waals surface area contributed by atoms with Gasteiger partial charge in [-0.1, -0.05) is 24.6 Å². The van der Waals surface area contributed by atoms with Gasteiger partial charge in [0.15, 0.2) is 0 Å².